The number of carbonyl (C=O) groups is 1. The molecule has 0 bridgehead atoms. The average molecular weight is 388 g/mol. The zero-order valence-corrected chi connectivity index (χ0v) is 16.7. The summed E-state index contributed by atoms with van der Waals surface area (Å²) in [7, 11) is 0. The van der Waals surface area contributed by atoms with Gasteiger partial charge in [-0.3, -0.25) is 4.90 Å². The summed E-state index contributed by atoms with van der Waals surface area (Å²) in [5.41, 5.74) is 18.6. The minimum atomic E-state index is -0.531. The topological polar surface area (TPSA) is 88.7 Å². The number of carbonyl (C=O) groups excluding carboxylic acids is 1. The first-order chi connectivity index (χ1) is 13.8. The minimum Gasteiger partial charge on any atom is -0.464 e. The lowest BCUT2D eigenvalue weighted by Crippen LogP contribution is -2.35. The molecule has 2 amide bonds. The number of allylic oxidation sites excluding steroid dienone is 1. The second-order valence-corrected chi connectivity index (χ2v) is 7.38. The molecule has 0 radical (unpaired) electrons. The van der Waals surface area contributed by atoms with Crippen LogP contribution in [-0.2, 0) is 0 Å². The number of urea groups is 1. The molecule has 6 heteroatoms. The number of primary amides is 1. The first kappa shape index (κ1) is 18.8. The SMILES string of the molecule is CC1=Cc2occc2C(N)N1c1ccc(N(C(N)=O)c2cc(C)cc(C)c2)cc1. The van der Waals surface area contributed by atoms with E-state index in [2.05, 4.69) is 6.07 Å². The van der Waals surface area contributed by atoms with Crippen molar-refractivity contribution < 1.29 is 9.21 Å². The second-order valence-electron chi connectivity index (χ2n) is 7.38. The van der Waals surface area contributed by atoms with E-state index in [9.17, 15) is 4.79 Å². The quantitative estimate of drug-likeness (QED) is 0.664. The van der Waals surface area contributed by atoms with Gasteiger partial charge in [0.1, 0.15) is 11.9 Å². The molecule has 0 saturated carbocycles. The van der Waals surface area contributed by atoms with Gasteiger partial charge < -0.3 is 20.8 Å². The van der Waals surface area contributed by atoms with Gasteiger partial charge in [-0.05, 0) is 74.4 Å². The number of amides is 2. The third-order valence-corrected chi connectivity index (χ3v) is 5.12. The van der Waals surface area contributed by atoms with Crippen molar-refractivity contribution in [3.8, 4) is 0 Å². The molecule has 1 aliphatic rings. The number of anilines is 3. The Labute approximate surface area is 170 Å². The summed E-state index contributed by atoms with van der Waals surface area (Å²) in [6.07, 6.45) is 3.28. The molecule has 1 aromatic heterocycles. The lowest BCUT2D eigenvalue weighted by molar-refractivity contribution is 0.256. The van der Waals surface area contributed by atoms with Gasteiger partial charge in [0.25, 0.3) is 0 Å². The summed E-state index contributed by atoms with van der Waals surface area (Å²) in [6.45, 7) is 5.98. The van der Waals surface area contributed by atoms with E-state index in [1.165, 1.54) is 4.90 Å². The highest BCUT2D eigenvalue weighted by atomic mass is 16.3. The number of nitrogens with two attached hydrogens (primary N) is 2. The maximum absolute atomic E-state index is 12.2. The molecule has 1 aliphatic heterocycles. The third kappa shape index (κ3) is 3.39. The van der Waals surface area contributed by atoms with Crippen molar-refractivity contribution in [3.63, 3.8) is 0 Å². The van der Waals surface area contributed by atoms with Crippen LogP contribution in [0.1, 0.15) is 35.5 Å². The lowest BCUT2D eigenvalue weighted by atomic mass is 10.1. The van der Waals surface area contributed by atoms with Crippen molar-refractivity contribution in [2.75, 3.05) is 9.80 Å². The summed E-state index contributed by atoms with van der Waals surface area (Å²) in [5, 5.41) is 0. The molecule has 2 aromatic carbocycles. The number of fused-ring (bicyclic) bond motifs is 1. The summed E-state index contributed by atoms with van der Waals surface area (Å²) in [5.74, 6) is 0.789. The highest BCUT2D eigenvalue weighted by Gasteiger charge is 2.27. The summed E-state index contributed by atoms with van der Waals surface area (Å²) >= 11 is 0. The Morgan fingerprint density at radius 3 is 2.28 bits per heavy atom. The van der Waals surface area contributed by atoms with Crippen LogP contribution in [0, 0.1) is 13.8 Å². The van der Waals surface area contributed by atoms with E-state index in [0.717, 1.165) is 39.5 Å². The Bertz CT molecular complexity index is 1080. The van der Waals surface area contributed by atoms with Gasteiger partial charge in [0.15, 0.2) is 0 Å². The van der Waals surface area contributed by atoms with E-state index in [-0.39, 0.29) is 6.17 Å². The fourth-order valence-corrected chi connectivity index (χ4v) is 3.92. The molecule has 3 aromatic rings. The van der Waals surface area contributed by atoms with Gasteiger partial charge >= 0.3 is 6.03 Å². The van der Waals surface area contributed by atoms with Gasteiger partial charge in [-0.2, -0.15) is 0 Å². The average Bonchev–Trinajstić information content (AvgIpc) is 3.10. The Morgan fingerprint density at radius 1 is 1.00 bits per heavy atom. The Kier molecular flexibility index (Phi) is 4.64. The van der Waals surface area contributed by atoms with E-state index >= 15 is 0 Å². The van der Waals surface area contributed by atoms with E-state index in [4.69, 9.17) is 15.9 Å². The number of aryl methyl sites for hydroxylation is 2. The predicted molar refractivity (Wildman–Crippen MR) is 116 cm³/mol. The number of hydrogen-bond donors (Lipinski definition) is 2. The standard InChI is InChI=1S/C23H24N4O2/c1-14-10-15(2)12-19(11-14)27(23(25)28)18-6-4-17(5-7-18)26-16(3)13-21-20(22(26)24)8-9-29-21/h4-13,22H,24H2,1-3H3,(H2,25,28). The number of furan rings is 1. The molecule has 4 N–H and O–H groups in total. The van der Waals surface area contributed by atoms with E-state index < -0.39 is 6.03 Å². The van der Waals surface area contributed by atoms with Crippen molar-refractivity contribution in [2.45, 2.75) is 26.9 Å². The van der Waals surface area contributed by atoms with Crippen LogP contribution in [0.25, 0.3) is 6.08 Å². The highest BCUT2D eigenvalue weighted by molar-refractivity contribution is 5.98. The zero-order chi connectivity index (χ0) is 20.7. The number of hydrogen-bond acceptors (Lipinski definition) is 4. The molecule has 29 heavy (non-hydrogen) atoms. The number of rotatable bonds is 3. The van der Waals surface area contributed by atoms with Gasteiger partial charge in [0, 0.05) is 23.0 Å². The monoisotopic (exact) mass is 388 g/mol. The molecule has 0 fully saturated rings. The molecule has 0 saturated heterocycles. The largest absolute Gasteiger partial charge is 0.464 e. The molecule has 4 rings (SSSR count). The molecular weight excluding hydrogens is 364 g/mol. The van der Waals surface area contributed by atoms with Crippen LogP contribution in [0.15, 0.2) is 64.9 Å². The van der Waals surface area contributed by atoms with Crippen LogP contribution in [0.4, 0.5) is 21.9 Å². The molecule has 148 valence electrons. The van der Waals surface area contributed by atoms with Crippen LogP contribution >= 0.6 is 0 Å². The Balaban J connectivity index is 1.69. The highest BCUT2D eigenvalue weighted by Crippen LogP contribution is 2.37. The number of benzene rings is 2. The summed E-state index contributed by atoms with van der Waals surface area (Å²) in [6, 6.07) is 14.9. The van der Waals surface area contributed by atoms with Gasteiger partial charge in [-0.25, -0.2) is 4.79 Å². The molecule has 6 nitrogen and oxygen atoms in total. The molecule has 1 unspecified atom stereocenters. The molecular formula is C23H24N4O2. The fraction of sp³-hybridized carbons (Fsp3) is 0.174. The zero-order valence-electron chi connectivity index (χ0n) is 16.7. The van der Waals surface area contributed by atoms with Gasteiger partial charge in [0.05, 0.1) is 17.6 Å². The maximum Gasteiger partial charge on any atom is 0.323 e. The normalized spacial score (nSPS) is 15.7. The van der Waals surface area contributed by atoms with Crippen molar-refractivity contribution in [1.82, 2.24) is 0 Å². The van der Waals surface area contributed by atoms with Gasteiger partial charge in [-0.15, -0.1) is 0 Å². The van der Waals surface area contributed by atoms with Crippen molar-refractivity contribution >= 4 is 29.2 Å². The smallest absolute Gasteiger partial charge is 0.323 e. The van der Waals surface area contributed by atoms with Gasteiger partial charge in [0.2, 0.25) is 0 Å². The number of nitrogens with zero attached hydrogens (tertiary/aromatic N) is 2. The second kappa shape index (κ2) is 7.14. The Morgan fingerprint density at radius 2 is 1.66 bits per heavy atom. The van der Waals surface area contributed by atoms with E-state index in [1.54, 1.807) is 6.26 Å². The minimum absolute atomic E-state index is 0.341. The van der Waals surface area contributed by atoms with E-state index in [1.807, 2.05) is 74.2 Å². The molecule has 0 spiro atoms. The molecule has 2 heterocycles. The first-order valence-corrected chi connectivity index (χ1v) is 9.43. The maximum atomic E-state index is 12.2. The first-order valence-electron chi connectivity index (χ1n) is 9.43. The summed E-state index contributed by atoms with van der Waals surface area (Å²) in [4.78, 5) is 15.8. The van der Waals surface area contributed by atoms with Crippen LogP contribution < -0.4 is 21.3 Å². The third-order valence-electron chi connectivity index (χ3n) is 5.12. The van der Waals surface area contributed by atoms with Crippen LogP contribution in [0.2, 0.25) is 0 Å². The molecule has 0 aliphatic carbocycles. The van der Waals surface area contributed by atoms with Crippen molar-refractivity contribution in [2.24, 2.45) is 11.5 Å². The van der Waals surface area contributed by atoms with Crippen molar-refractivity contribution in [1.29, 1.82) is 0 Å². The Hall–Kier alpha value is -3.51. The van der Waals surface area contributed by atoms with Crippen LogP contribution in [0.3, 0.4) is 0 Å². The molecule has 1 atom stereocenters. The van der Waals surface area contributed by atoms with Gasteiger partial charge in [-0.1, -0.05) is 6.07 Å². The fourth-order valence-electron chi connectivity index (χ4n) is 3.92. The van der Waals surface area contributed by atoms with Crippen LogP contribution in [-0.4, -0.2) is 6.03 Å². The predicted octanol–water partition coefficient (Wildman–Crippen LogP) is 4.95. The van der Waals surface area contributed by atoms with Crippen LogP contribution in [0.5, 0.6) is 0 Å². The lowest BCUT2D eigenvalue weighted by Gasteiger charge is -2.34. The summed E-state index contributed by atoms with van der Waals surface area (Å²) < 4.78 is 5.49. The van der Waals surface area contributed by atoms with Crippen molar-refractivity contribution in [3.05, 3.63) is 82.9 Å². The van der Waals surface area contributed by atoms with E-state index in [0.29, 0.717) is 5.69 Å².